The molecular weight excluding hydrogens is 174 g/mol. The second-order valence-corrected chi connectivity index (χ2v) is 3.09. The van der Waals surface area contributed by atoms with Crippen LogP contribution in [0.1, 0.15) is 25.2 Å². The molecule has 2 aromatic rings. The minimum atomic E-state index is 1.00. The first kappa shape index (κ1) is 10.7. The highest BCUT2D eigenvalue weighted by Crippen LogP contribution is 2.14. The SMILES string of the molecule is CC.Cc1cc2cn(C)nc2c(C)n1. The van der Waals surface area contributed by atoms with Crippen LogP contribution in [0.25, 0.3) is 10.9 Å². The van der Waals surface area contributed by atoms with E-state index in [0.717, 1.165) is 16.9 Å². The van der Waals surface area contributed by atoms with Gasteiger partial charge in [-0.05, 0) is 19.9 Å². The first-order valence-corrected chi connectivity index (χ1v) is 4.94. The molecule has 0 N–H and O–H groups in total. The Morgan fingerprint density at radius 1 is 1.21 bits per heavy atom. The van der Waals surface area contributed by atoms with E-state index in [4.69, 9.17) is 0 Å². The molecule has 0 spiro atoms. The molecular formula is C11H17N3. The molecule has 3 nitrogen and oxygen atoms in total. The second-order valence-electron chi connectivity index (χ2n) is 3.09. The van der Waals surface area contributed by atoms with E-state index >= 15 is 0 Å². The summed E-state index contributed by atoms with van der Waals surface area (Å²) in [5.41, 5.74) is 3.06. The summed E-state index contributed by atoms with van der Waals surface area (Å²) in [6, 6.07) is 2.05. The van der Waals surface area contributed by atoms with Crippen molar-refractivity contribution < 1.29 is 0 Å². The van der Waals surface area contributed by atoms with E-state index in [1.54, 1.807) is 0 Å². The van der Waals surface area contributed by atoms with E-state index in [2.05, 4.69) is 16.1 Å². The van der Waals surface area contributed by atoms with Gasteiger partial charge in [-0.25, -0.2) is 0 Å². The monoisotopic (exact) mass is 191 g/mol. The van der Waals surface area contributed by atoms with Crippen molar-refractivity contribution in [3.8, 4) is 0 Å². The van der Waals surface area contributed by atoms with Crippen LogP contribution in [0.3, 0.4) is 0 Å². The van der Waals surface area contributed by atoms with Crippen LogP contribution in [0.5, 0.6) is 0 Å². The van der Waals surface area contributed by atoms with Gasteiger partial charge in [0.05, 0.1) is 5.69 Å². The minimum Gasteiger partial charge on any atom is -0.275 e. The van der Waals surface area contributed by atoms with Gasteiger partial charge in [-0.1, -0.05) is 13.8 Å². The summed E-state index contributed by atoms with van der Waals surface area (Å²) in [6.45, 7) is 7.99. The third-order valence-electron chi connectivity index (χ3n) is 1.91. The molecule has 0 saturated heterocycles. The first-order chi connectivity index (χ1) is 6.66. The van der Waals surface area contributed by atoms with E-state index in [1.165, 1.54) is 5.39 Å². The maximum absolute atomic E-state index is 4.34. The van der Waals surface area contributed by atoms with Gasteiger partial charge in [0.1, 0.15) is 5.52 Å². The predicted molar refractivity (Wildman–Crippen MR) is 59.3 cm³/mol. The van der Waals surface area contributed by atoms with Crippen molar-refractivity contribution in [3.63, 3.8) is 0 Å². The molecule has 0 saturated carbocycles. The molecule has 3 heteroatoms. The predicted octanol–water partition coefficient (Wildman–Crippen LogP) is 2.61. The zero-order valence-corrected chi connectivity index (χ0v) is 9.50. The summed E-state index contributed by atoms with van der Waals surface area (Å²) in [5.74, 6) is 0. The van der Waals surface area contributed by atoms with Crippen molar-refractivity contribution in [1.82, 2.24) is 14.8 Å². The third-order valence-corrected chi connectivity index (χ3v) is 1.91. The lowest BCUT2D eigenvalue weighted by Crippen LogP contribution is -1.88. The summed E-state index contributed by atoms with van der Waals surface area (Å²) in [7, 11) is 1.93. The van der Waals surface area contributed by atoms with E-state index < -0.39 is 0 Å². The average molecular weight is 191 g/mol. The number of hydrogen-bond acceptors (Lipinski definition) is 2. The Hall–Kier alpha value is -1.38. The van der Waals surface area contributed by atoms with Crippen molar-refractivity contribution in [1.29, 1.82) is 0 Å². The van der Waals surface area contributed by atoms with Crippen LogP contribution in [0.4, 0.5) is 0 Å². The number of nitrogens with zero attached hydrogens (tertiary/aromatic N) is 3. The van der Waals surface area contributed by atoms with Crippen LogP contribution < -0.4 is 0 Å². The molecule has 2 aromatic heterocycles. The zero-order valence-electron chi connectivity index (χ0n) is 9.50. The van der Waals surface area contributed by atoms with Crippen LogP contribution in [0.15, 0.2) is 12.3 Å². The number of hydrogen-bond donors (Lipinski definition) is 0. The summed E-state index contributed by atoms with van der Waals surface area (Å²) in [5, 5.41) is 5.48. The maximum atomic E-state index is 4.34. The Morgan fingerprint density at radius 3 is 2.50 bits per heavy atom. The molecule has 0 aliphatic carbocycles. The van der Waals surface area contributed by atoms with Gasteiger partial charge >= 0.3 is 0 Å². The Bertz CT molecular complexity index is 429. The van der Waals surface area contributed by atoms with Crippen molar-refractivity contribution >= 4 is 10.9 Å². The van der Waals surface area contributed by atoms with E-state index in [9.17, 15) is 0 Å². The van der Waals surface area contributed by atoms with Crippen LogP contribution in [-0.2, 0) is 7.05 Å². The molecule has 0 aromatic carbocycles. The van der Waals surface area contributed by atoms with Gasteiger partial charge in [0, 0.05) is 24.3 Å². The van der Waals surface area contributed by atoms with Crippen molar-refractivity contribution in [2.24, 2.45) is 7.05 Å². The van der Waals surface area contributed by atoms with Crippen LogP contribution in [-0.4, -0.2) is 14.8 Å². The summed E-state index contributed by atoms with van der Waals surface area (Å²) < 4.78 is 1.82. The van der Waals surface area contributed by atoms with Gasteiger partial charge in [-0.15, -0.1) is 0 Å². The molecule has 0 amide bonds. The highest BCUT2D eigenvalue weighted by molar-refractivity contribution is 5.80. The van der Waals surface area contributed by atoms with E-state index in [-0.39, 0.29) is 0 Å². The Morgan fingerprint density at radius 2 is 1.86 bits per heavy atom. The van der Waals surface area contributed by atoms with Gasteiger partial charge in [-0.2, -0.15) is 5.10 Å². The lowest BCUT2D eigenvalue weighted by molar-refractivity contribution is 0.778. The number of aromatic nitrogens is 3. The minimum absolute atomic E-state index is 1.00. The highest BCUT2D eigenvalue weighted by Gasteiger charge is 2.02. The smallest absolute Gasteiger partial charge is 0.113 e. The van der Waals surface area contributed by atoms with E-state index in [0.29, 0.717) is 0 Å². The lowest BCUT2D eigenvalue weighted by atomic mass is 10.2. The maximum Gasteiger partial charge on any atom is 0.113 e. The van der Waals surface area contributed by atoms with Crippen molar-refractivity contribution in [2.75, 3.05) is 0 Å². The van der Waals surface area contributed by atoms with Crippen LogP contribution in [0, 0.1) is 13.8 Å². The molecule has 0 aliphatic heterocycles. The largest absolute Gasteiger partial charge is 0.275 e. The third kappa shape index (κ3) is 1.92. The van der Waals surface area contributed by atoms with Crippen LogP contribution >= 0.6 is 0 Å². The fourth-order valence-electron chi connectivity index (χ4n) is 1.47. The van der Waals surface area contributed by atoms with Gasteiger partial charge in [0.25, 0.3) is 0 Å². The summed E-state index contributed by atoms with van der Waals surface area (Å²) in [6.07, 6.45) is 2.01. The molecule has 0 atom stereocenters. The molecule has 14 heavy (non-hydrogen) atoms. The Balaban J connectivity index is 0.000000461. The Kier molecular flexibility index (Phi) is 3.23. The molecule has 2 rings (SSSR count). The van der Waals surface area contributed by atoms with Gasteiger partial charge in [0.15, 0.2) is 0 Å². The fraction of sp³-hybridized carbons (Fsp3) is 0.455. The molecule has 0 bridgehead atoms. The number of fused-ring (bicyclic) bond motifs is 1. The number of rotatable bonds is 0. The van der Waals surface area contributed by atoms with Gasteiger partial charge in [-0.3, -0.25) is 9.67 Å². The van der Waals surface area contributed by atoms with Gasteiger partial charge in [0.2, 0.25) is 0 Å². The fourth-order valence-corrected chi connectivity index (χ4v) is 1.47. The molecule has 0 unspecified atom stereocenters. The quantitative estimate of drug-likeness (QED) is 0.641. The first-order valence-electron chi connectivity index (χ1n) is 4.94. The highest BCUT2D eigenvalue weighted by atomic mass is 15.2. The second kappa shape index (κ2) is 4.22. The molecule has 0 fully saturated rings. The number of pyridine rings is 1. The average Bonchev–Trinajstić information content (AvgIpc) is 2.49. The van der Waals surface area contributed by atoms with E-state index in [1.807, 2.05) is 45.6 Å². The topological polar surface area (TPSA) is 30.7 Å². The van der Waals surface area contributed by atoms with Crippen molar-refractivity contribution in [2.45, 2.75) is 27.7 Å². The van der Waals surface area contributed by atoms with Crippen molar-refractivity contribution in [3.05, 3.63) is 23.7 Å². The number of aryl methyl sites for hydroxylation is 3. The molecule has 2 heterocycles. The summed E-state index contributed by atoms with van der Waals surface area (Å²) in [4.78, 5) is 4.34. The standard InChI is InChI=1S/C9H11N3.C2H6/c1-6-4-8-5-12(3)11-9(8)7(2)10-6;1-2/h4-5H,1-3H3;1-2H3. The van der Waals surface area contributed by atoms with Crippen LogP contribution in [0.2, 0.25) is 0 Å². The molecule has 76 valence electrons. The Labute approximate surface area is 84.8 Å². The molecule has 0 radical (unpaired) electrons. The normalized spacial score (nSPS) is 9.79. The van der Waals surface area contributed by atoms with Gasteiger partial charge < -0.3 is 0 Å². The molecule has 0 aliphatic rings. The lowest BCUT2D eigenvalue weighted by Gasteiger charge is -1.94. The summed E-state index contributed by atoms with van der Waals surface area (Å²) >= 11 is 0. The zero-order chi connectivity index (χ0) is 10.7.